The van der Waals surface area contributed by atoms with E-state index in [1.807, 2.05) is 12.3 Å². The van der Waals surface area contributed by atoms with E-state index in [0.29, 0.717) is 12.1 Å². The Kier molecular flexibility index (Phi) is 4.50. The minimum atomic E-state index is 0.398. The second-order valence-electron chi connectivity index (χ2n) is 5.67. The highest BCUT2D eigenvalue weighted by molar-refractivity contribution is 5.38. The molecule has 2 saturated heterocycles. The van der Waals surface area contributed by atoms with Gasteiger partial charge >= 0.3 is 0 Å². The second-order valence-corrected chi connectivity index (χ2v) is 5.67. The van der Waals surface area contributed by atoms with Crippen molar-refractivity contribution in [3.8, 4) is 0 Å². The SMILES string of the molecule is COC1CNC(CN2CCN(c3ccccn3)CC2)C1. The first kappa shape index (κ1) is 13.8. The van der Waals surface area contributed by atoms with Gasteiger partial charge in [-0.15, -0.1) is 0 Å². The lowest BCUT2D eigenvalue weighted by Gasteiger charge is -2.36. The number of rotatable bonds is 4. The summed E-state index contributed by atoms with van der Waals surface area (Å²) in [6.45, 7) is 6.50. The van der Waals surface area contributed by atoms with Gasteiger partial charge in [0.1, 0.15) is 5.82 Å². The Balaban J connectivity index is 1.45. The number of hydrogen-bond donors (Lipinski definition) is 1. The summed E-state index contributed by atoms with van der Waals surface area (Å²) in [5.74, 6) is 1.10. The lowest BCUT2D eigenvalue weighted by Crippen LogP contribution is -2.50. The molecule has 0 aliphatic carbocycles. The standard InChI is InChI=1S/C15H24N4O/c1-20-14-10-13(17-11-14)12-18-6-8-19(9-7-18)15-4-2-3-5-16-15/h2-5,13-14,17H,6-12H2,1H3. The van der Waals surface area contributed by atoms with Crippen LogP contribution in [0.25, 0.3) is 0 Å². The molecule has 1 aromatic rings. The Morgan fingerprint density at radius 3 is 2.80 bits per heavy atom. The topological polar surface area (TPSA) is 40.6 Å². The lowest BCUT2D eigenvalue weighted by atomic mass is 10.2. The van der Waals surface area contributed by atoms with Crippen molar-refractivity contribution in [3.63, 3.8) is 0 Å². The number of ether oxygens (including phenoxy) is 1. The van der Waals surface area contributed by atoms with Crippen LogP contribution in [0.15, 0.2) is 24.4 Å². The van der Waals surface area contributed by atoms with E-state index in [2.05, 4.69) is 32.2 Å². The molecule has 0 spiro atoms. The quantitative estimate of drug-likeness (QED) is 0.871. The molecule has 2 aliphatic heterocycles. The Morgan fingerprint density at radius 2 is 2.15 bits per heavy atom. The number of aromatic nitrogens is 1. The van der Waals surface area contributed by atoms with E-state index in [9.17, 15) is 0 Å². The van der Waals surface area contributed by atoms with Crippen molar-refractivity contribution in [1.82, 2.24) is 15.2 Å². The summed E-state index contributed by atoms with van der Waals surface area (Å²) in [5.41, 5.74) is 0. The minimum absolute atomic E-state index is 0.398. The average Bonchev–Trinajstić information content (AvgIpc) is 2.97. The molecule has 110 valence electrons. The van der Waals surface area contributed by atoms with Crippen LogP contribution >= 0.6 is 0 Å². The first-order chi connectivity index (χ1) is 9.85. The maximum atomic E-state index is 5.41. The summed E-state index contributed by atoms with van der Waals surface area (Å²) in [5, 5.41) is 3.56. The predicted molar refractivity (Wildman–Crippen MR) is 80.1 cm³/mol. The molecule has 2 atom stereocenters. The molecule has 0 aromatic carbocycles. The fourth-order valence-corrected chi connectivity index (χ4v) is 3.11. The van der Waals surface area contributed by atoms with Crippen LogP contribution in [0.1, 0.15) is 6.42 Å². The molecule has 2 unspecified atom stereocenters. The molecule has 2 aliphatic rings. The fraction of sp³-hybridized carbons (Fsp3) is 0.667. The van der Waals surface area contributed by atoms with Crippen LogP contribution in [-0.4, -0.2) is 68.4 Å². The van der Waals surface area contributed by atoms with Crippen LogP contribution in [-0.2, 0) is 4.74 Å². The molecule has 0 radical (unpaired) electrons. The third-order valence-corrected chi connectivity index (χ3v) is 4.34. The van der Waals surface area contributed by atoms with Gasteiger partial charge in [-0.2, -0.15) is 0 Å². The number of methoxy groups -OCH3 is 1. The molecule has 0 bridgehead atoms. The highest BCUT2D eigenvalue weighted by Crippen LogP contribution is 2.15. The molecule has 5 nitrogen and oxygen atoms in total. The zero-order chi connectivity index (χ0) is 13.8. The number of anilines is 1. The van der Waals surface area contributed by atoms with E-state index in [0.717, 1.165) is 51.5 Å². The van der Waals surface area contributed by atoms with Gasteiger partial charge in [-0.3, -0.25) is 4.90 Å². The molecule has 2 fully saturated rings. The third kappa shape index (κ3) is 3.29. The van der Waals surface area contributed by atoms with Gasteiger partial charge in [-0.05, 0) is 18.6 Å². The van der Waals surface area contributed by atoms with Gasteiger partial charge in [-0.25, -0.2) is 4.98 Å². The van der Waals surface area contributed by atoms with Crippen LogP contribution in [0.5, 0.6) is 0 Å². The van der Waals surface area contributed by atoms with Gasteiger partial charge in [0.15, 0.2) is 0 Å². The highest BCUT2D eigenvalue weighted by Gasteiger charge is 2.27. The molecule has 1 N–H and O–H groups in total. The normalized spacial score (nSPS) is 27.9. The second kappa shape index (κ2) is 6.52. The molecule has 0 amide bonds. The molecule has 3 rings (SSSR count). The van der Waals surface area contributed by atoms with Gasteiger partial charge in [0.25, 0.3) is 0 Å². The van der Waals surface area contributed by atoms with E-state index in [1.54, 1.807) is 7.11 Å². The van der Waals surface area contributed by atoms with Crippen molar-refractivity contribution in [2.24, 2.45) is 0 Å². The van der Waals surface area contributed by atoms with Crippen LogP contribution in [0.3, 0.4) is 0 Å². The summed E-state index contributed by atoms with van der Waals surface area (Å²) in [4.78, 5) is 9.35. The molecule has 5 heteroatoms. The van der Waals surface area contributed by atoms with Crippen LogP contribution in [0.2, 0.25) is 0 Å². The summed E-state index contributed by atoms with van der Waals surface area (Å²) in [7, 11) is 1.81. The van der Waals surface area contributed by atoms with E-state index >= 15 is 0 Å². The fourth-order valence-electron chi connectivity index (χ4n) is 3.11. The summed E-state index contributed by atoms with van der Waals surface area (Å²) in [6.07, 6.45) is 3.40. The van der Waals surface area contributed by atoms with Crippen LogP contribution in [0.4, 0.5) is 5.82 Å². The first-order valence-corrected chi connectivity index (χ1v) is 7.49. The molecule has 1 aromatic heterocycles. The largest absolute Gasteiger partial charge is 0.380 e. The van der Waals surface area contributed by atoms with Crippen molar-refractivity contribution < 1.29 is 4.74 Å². The zero-order valence-electron chi connectivity index (χ0n) is 12.2. The Morgan fingerprint density at radius 1 is 1.30 bits per heavy atom. The number of piperazine rings is 1. The van der Waals surface area contributed by atoms with Crippen molar-refractivity contribution in [2.75, 3.05) is 51.3 Å². The van der Waals surface area contributed by atoms with Crippen molar-refractivity contribution in [1.29, 1.82) is 0 Å². The monoisotopic (exact) mass is 276 g/mol. The summed E-state index contributed by atoms with van der Waals surface area (Å²) < 4.78 is 5.41. The predicted octanol–water partition coefficient (Wildman–Crippen LogP) is 0.581. The van der Waals surface area contributed by atoms with Crippen LogP contribution in [0, 0.1) is 0 Å². The van der Waals surface area contributed by atoms with Gasteiger partial charge in [0, 0.05) is 58.6 Å². The number of nitrogens with one attached hydrogen (secondary N) is 1. The van der Waals surface area contributed by atoms with Gasteiger partial charge in [-0.1, -0.05) is 6.07 Å². The molecule has 0 saturated carbocycles. The van der Waals surface area contributed by atoms with Gasteiger partial charge < -0.3 is 15.0 Å². The number of pyridine rings is 1. The van der Waals surface area contributed by atoms with E-state index in [1.165, 1.54) is 0 Å². The smallest absolute Gasteiger partial charge is 0.128 e. The number of hydrogen-bond acceptors (Lipinski definition) is 5. The molecule has 20 heavy (non-hydrogen) atoms. The minimum Gasteiger partial charge on any atom is -0.380 e. The molecular formula is C15H24N4O. The summed E-state index contributed by atoms with van der Waals surface area (Å²) >= 11 is 0. The van der Waals surface area contributed by atoms with Crippen molar-refractivity contribution in [2.45, 2.75) is 18.6 Å². The van der Waals surface area contributed by atoms with E-state index in [-0.39, 0.29) is 0 Å². The van der Waals surface area contributed by atoms with Crippen molar-refractivity contribution >= 4 is 5.82 Å². The maximum absolute atomic E-state index is 5.41. The van der Waals surface area contributed by atoms with Crippen molar-refractivity contribution in [3.05, 3.63) is 24.4 Å². The molecule has 3 heterocycles. The van der Waals surface area contributed by atoms with E-state index in [4.69, 9.17) is 4.74 Å². The molecular weight excluding hydrogens is 252 g/mol. The maximum Gasteiger partial charge on any atom is 0.128 e. The Labute approximate surface area is 120 Å². The van der Waals surface area contributed by atoms with E-state index < -0.39 is 0 Å². The zero-order valence-corrected chi connectivity index (χ0v) is 12.2. The summed E-state index contributed by atoms with van der Waals surface area (Å²) in [6, 6.07) is 6.71. The van der Waals surface area contributed by atoms with Gasteiger partial charge in [0.2, 0.25) is 0 Å². The average molecular weight is 276 g/mol. The third-order valence-electron chi connectivity index (χ3n) is 4.34. The Hall–Kier alpha value is -1.17. The van der Waals surface area contributed by atoms with Crippen LogP contribution < -0.4 is 10.2 Å². The first-order valence-electron chi connectivity index (χ1n) is 7.49. The lowest BCUT2D eigenvalue weighted by molar-refractivity contribution is 0.115. The van der Waals surface area contributed by atoms with Gasteiger partial charge in [0.05, 0.1) is 6.10 Å². The Bertz CT molecular complexity index is 406. The number of nitrogens with zero attached hydrogens (tertiary/aromatic N) is 3. The highest BCUT2D eigenvalue weighted by atomic mass is 16.5.